The Balaban J connectivity index is 1.49. The Morgan fingerprint density at radius 3 is 2.68 bits per heavy atom. The zero-order valence-electron chi connectivity index (χ0n) is 20.6. The maximum absolute atomic E-state index is 12.9. The minimum atomic E-state index is -2.91. The number of carboxylic acid groups (broad SMARTS) is 1. The lowest BCUT2D eigenvalue weighted by Gasteiger charge is -2.32. The van der Waals surface area contributed by atoms with Crippen LogP contribution in [0.4, 0.5) is 14.7 Å². The lowest BCUT2D eigenvalue weighted by Crippen LogP contribution is -2.45. The fourth-order valence-electron chi connectivity index (χ4n) is 4.94. The number of piperidine rings is 1. The molecule has 3 aromatic heterocycles. The van der Waals surface area contributed by atoms with Gasteiger partial charge < -0.3 is 19.1 Å². The summed E-state index contributed by atoms with van der Waals surface area (Å²) in [4.78, 5) is 27.1. The summed E-state index contributed by atoms with van der Waals surface area (Å²) >= 11 is 0. The van der Waals surface area contributed by atoms with Gasteiger partial charge in [-0.3, -0.25) is 0 Å². The summed E-state index contributed by atoms with van der Waals surface area (Å²) in [7, 11) is 0. The van der Waals surface area contributed by atoms with Crippen molar-refractivity contribution in [3.8, 4) is 16.9 Å². The standard InChI is InChI=1S/C27H27F2N5O3/c1-16-11-24-32-17(2)22(12-18-7-3-4-9-23(18)37-26(28)29)34(24)15-20(16)19-13-30-27(31-14-19)33-10-6-5-8-21(33)25(35)36/h3-4,7,9,11,13-15,21,26H,5-6,8,10,12H2,1-2H3,(H,35,36)/t21-/m1/s1. The summed E-state index contributed by atoms with van der Waals surface area (Å²) in [5.41, 5.74) is 5.68. The fourth-order valence-corrected chi connectivity index (χ4v) is 4.94. The predicted molar refractivity (Wildman–Crippen MR) is 134 cm³/mol. The van der Waals surface area contributed by atoms with Gasteiger partial charge >= 0.3 is 12.6 Å². The number of anilines is 1. The first-order valence-corrected chi connectivity index (χ1v) is 12.1. The number of aliphatic carboxylic acids is 1. The number of benzene rings is 1. The number of carboxylic acids is 1. The van der Waals surface area contributed by atoms with Gasteiger partial charge in [0.25, 0.3) is 0 Å². The molecule has 1 N–H and O–H groups in total. The van der Waals surface area contributed by atoms with Gasteiger partial charge in [-0.05, 0) is 50.8 Å². The van der Waals surface area contributed by atoms with E-state index >= 15 is 0 Å². The molecule has 0 bridgehead atoms. The van der Waals surface area contributed by atoms with E-state index in [0.29, 0.717) is 30.9 Å². The number of imidazole rings is 1. The molecule has 0 aliphatic carbocycles. The van der Waals surface area contributed by atoms with Gasteiger partial charge in [-0.15, -0.1) is 0 Å². The smallest absolute Gasteiger partial charge is 0.387 e. The summed E-state index contributed by atoms with van der Waals surface area (Å²) in [6.45, 7) is 1.57. The normalized spacial score (nSPS) is 15.9. The molecule has 0 saturated carbocycles. The second kappa shape index (κ2) is 10.1. The van der Waals surface area contributed by atoms with Crippen LogP contribution in [0.1, 0.15) is 41.8 Å². The molecule has 1 aromatic carbocycles. The van der Waals surface area contributed by atoms with Crippen molar-refractivity contribution in [3.63, 3.8) is 0 Å². The van der Waals surface area contributed by atoms with Crippen LogP contribution in [-0.2, 0) is 11.2 Å². The molecule has 0 radical (unpaired) electrons. The van der Waals surface area contributed by atoms with Crippen molar-refractivity contribution in [3.05, 3.63) is 71.4 Å². The number of hydrogen-bond acceptors (Lipinski definition) is 6. The Morgan fingerprint density at radius 2 is 1.95 bits per heavy atom. The van der Waals surface area contributed by atoms with Crippen molar-refractivity contribution in [2.75, 3.05) is 11.4 Å². The van der Waals surface area contributed by atoms with Crippen LogP contribution in [0.5, 0.6) is 5.75 Å². The van der Waals surface area contributed by atoms with Gasteiger partial charge in [-0.25, -0.2) is 19.7 Å². The van der Waals surface area contributed by atoms with Gasteiger partial charge in [-0.2, -0.15) is 8.78 Å². The minimum Gasteiger partial charge on any atom is -0.480 e. The molecular weight excluding hydrogens is 480 g/mol. The number of para-hydroxylation sites is 1. The summed E-state index contributed by atoms with van der Waals surface area (Å²) in [5, 5.41) is 9.58. The third-order valence-electron chi connectivity index (χ3n) is 6.81. The molecule has 192 valence electrons. The Kier molecular flexibility index (Phi) is 6.73. The number of ether oxygens (including phenoxy) is 1. The Hall–Kier alpha value is -4.08. The summed E-state index contributed by atoms with van der Waals surface area (Å²) in [6.07, 6.45) is 8.08. The fraction of sp³-hybridized carbons (Fsp3) is 0.333. The van der Waals surface area contributed by atoms with Crippen LogP contribution < -0.4 is 9.64 Å². The average Bonchev–Trinajstić information content (AvgIpc) is 3.18. The first-order chi connectivity index (χ1) is 17.8. The van der Waals surface area contributed by atoms with Crippen LogP contribution >= 0.6 is 0 Å². The molecular formula is C27H27F2N5O3. The Bertz CT molecular complexity index is 1440. The van der Waals surface area contributed by atoms with E-state index < -0.39 is 18.6 Å². The highest BCUT2D eigenvalue weighted by molar-refractivity contribution is 5.77. The molecule has 5 rings (SSSR count). The number of carbonyl (C=O) groups is 1. The van der Waals surface area contributed by atoms with Crippen LogP contribution in [0.2, 0.25) is 0 Å². The molecule has 37 heavy (non-hydrogen) atoms. The van der Waals surface area contributed by atoms with Gasteiger partial charge in [0.05, 0.1) is 5.69 Å². The molecule has 4 aromatic rings. The third-order valence-corrected chi connectivity index (χ3v) is 6.81. The predicted octanol–water partition coefficient (Wildman–Crippen LogP) is 5.04. The number of fused-ring (bicyclic) bond motifs is 1. The molecule has 1 fully saturated rings. The van der Waals surface area contributed by atoms with Crippen molar-refractivity contribution < 1.29 is 23.4 Å². The lowest BCUT2D eigenvalue weighted by molar-refractivity contribution is -0.139. The van der Waals surface area contributed by atoms with E-state index in [2.05, 4.69) is 15.0 Å². The SMILES string of the molecule is Cc1cc2nc(C)c(Cc3ccccc3OC(F)F)n2cc1-c1cnc(N2CCCC[C@@H]2C(=O)O)nc1. The maximum atomic E-state index is 12.9. The number of pyridine rings is 1. The molecule has 1 saturated heterocycles. The summed E-state index contributed by atoms with van der Waals surface area (Å²) in [6, 6.07) is 8.10. The van der Waals surface area contributed by atoms with E-state index in [0.717, 1.165) is 46.6 Å². The number of halogens is 2. The molecule has 4 heterocycles. The minimum absolute atomic E-state index is 0.139. The molecule has 0 unspecified atom stereocenters. The van der Waals surface area contributed by atoms with Crippen LogP contribution in [-0.4, -0.2) is 49.6 Å². The maximum Gasteiger partial charge on any atom is 0.387 e. The van der Waals surface area contributed by atoms with Gasteiger partial charge in [0.2, 0.25) is 5.95 Å². The van der Waals surface area contributed by atoms with Gasteiger partial charge in [0.15, 0.2) is 0 Å². The highest BCUT2D eigenvalue weighted by Crippen LogP contribution is 2.30. The van der Waals surface area contributed by atoms with Gasteiger partial charge in [0.1, 0.15) is 17.4 Å². The van der Waals surface area contributed by atoms with Crippen LogP contribution in [0.15, 0.2) is 48.9 Å². The van der Waals surface area contributed by atoms with Crippen molar-refractivity contribution in [2.24, 2.45) is 0 Å². The largest absolute Gasteiger partial charge is 0.480 e. The zero-order chi connectivity index (χ0) is 26.1. The van der Waals surface area contributed by atoms with E-state index in [-0.39, 0.29) is 5.75 Å². The molecule has 8 nitrogen and oxygen atoms in total. The second-order valence-corrected chi connectivity index (χ2v) is 9.22. The van der Waals surface area contributed by atoms with E-state index in [1.165, 1.54) is 6.07 Å². The number of rotatable bonds is 7. The third kappa shape index (κ3) is 4.96. The number of aryl methyl sites for hydroxylation is 2. The van der Waals surface area contributed by atoms with E-state index in [1.807, 2.05) is 30.5 Å². The quantitative estimate of drug-likeness (QED) is 0.374. The molecule has 1 aliphatic rings. The average molecular weight is 508 g/mol. The van der Waals surface area contributed by atoms with Crippen LogP contribution in [0.3, 0.4) is 0 Å². The monoisotopic (exact) mass is 507 g/mol. The first kappa shape index (κ1) is 24.6. The van der Waals surface area contributed by atoms with Crippen LogP contribution in [0.25, 0.3) is 16.8 Å². The summed E-state index contributed by atoms with van der Waals surface area (Å²) in [5.74, 6) is -0.317. The summed E-state index contributed by atoms with van der Waals surface area (Å²) < 4.78 is 32.5. The number of hydrogen-bond donors (Lipinski definition) is 1. The van der Waals surface area contributed by atoms with Crippen molar-refractivity contribution in [1.82, 2.24) is 19.4 Å². The lowest BCUT2D eigenvalue weighted by atomic mass is 10.0. The van der Waals surface area contributed by atoms with Gasteiger partial charge in [-0.1, -0.05) is 18.2 Å². The Labute approximate surface area is 212 Å². The first-order valence-electron chi connectivity index (χ1n) is 12.1. The number of nitrogens with zero attached hydrogens (tertiary/aromatic N) is 5. The molecule has 1 atom stereocenters. The zero-order valence-corrected chi connectivity index (χ0v) is 20.6. The van der Waals surface area contributed by atoms with Crippen molar-refractivity contribution in [2.45, 2.75) is 52.2 Å². The molecule has 1 aliphatic heterocycles. The van der Waals surface area contributed by atoms with Crippen LogP contribution in [0, 0.1) is 13.8 Å². The Morgan fingerprint density at radius 1 is 1.19 bits per heavy atom. The molecule has 0 amide bonds. The van der Waals surface area contributed by atoms with E-state index in [1.54, 1.807) is 35.5 Å². The number of alkyl halides is 2. The van der Waals surface area contributed by atoms with E-state index in [9.17, 15) is 18.7 Å². The highest BCUT2D eigenvalue weighted by atomic mass is 19.3. The molecule has 10 heteroatoms. The van der Waals surface area contributed by atoms with Crippen molar-refractivity contribution >= 4 is 17.6 Å². The van der Waals surface area contributed by atoms with Crippen molar-refractivity contribution in [1.29, 1.82) is 0 Å². The number of aromatic nitrogens is 4. The van der Waals surface area contributed by atoms with Gasteiger partial charge in [0, 0.05) is 53.9 Å². The van der Waals surface area contributed by atoms with E-state index in [4.69, 9.17) is 4.74 Å². The second-order valence-electron chi connectivity index (χ2n) is 9.22. The highest BCUT2D eigenvalue weighted by Gasteiger charge is 2.30. The molecule has 0 spiro atoms. The topological polar surface area (TPSA) is 92.9 Å².